The van der Waals surface area contributed by atoms with E-state index in [1.54, 1.807) is 36.3 Å². The number of carbonyl (C=O) groups excluding carboxylic acids is 1. The van der Waals surface area contributed by atoms with Gasteiger partial charge in [-0.1, -0.05) is 12.8 Å². The number of benzene rings is 1. The maximum Gasteiger partial charge on any atom is 0.415 e. The number of methoxy groups -OCH3 is 1. The molecular formula is C29H42Cl2N8O3. The van der Waals surface area contributed by atoms with Crippen LogP contribution in [-0.2, 0) is 0 Å². The minimum atomic E-state index is -0.331. The Morgan fingerprint density at radius 3 is 2.19 bits per heavy atom. The molecule has 1 amide bonds. The van der Waals surface area contributed by atoms with E-state index >= 15 is 0 Å². The molecule has 1 aromatic carbocycles. The number of nitrogens with one attached hydrogen (secondary N) is 2. The lowest BCUT2D eigenvalue weighted by molar-refractivity contribution is 0.140. The van der Waals surface area contributed by atoms with Crippen LogP contribution in [-0.4, -0.2) is 68.8 Å². The number of hydrogen-bond acceptors (Lipinski definition) is 9. The topological polar surface area (TPSA) is 132 Å². The van der Waals surface area contributed by atoms with Crippen molar-refractivity contribution in [3.8, 4) is 11.5 Å². The maximum atomic E-state index is 12.7. The number of carbonyl (C=O) groups is 1. The first kappa shape index (κ1) is 31.9. The van der Waals surface area contributed by atoms with Gasteiger partial charge >= 0.3 is 6.09 Å². The number of amides is 1. The van der Waals surface area contributed by atoms with Crippen molar-refractivity contribution in [2.45, 2.75) is 88.4 Å². The van der Waals surface area contributed by atoms with E-state index in [1.807, 2.05) is 6.33 Å². The molecule has 4 N–H and O–H groups in total. The van der Waals surface area contributed by atoms with Gasteiger partial charge in [0, 0.05) is 37.3 Å². The Morgan fingerprint density at radius 1 is 0.881 bits per heavy atom. The molecule has 0 spiro atoms. The van der Waals surface area contributed by atoms with Gasteiger partial charge in [0.2, 0.25) is 5.95 Å². The largest absolute Gasteiger partial charge is 0.497 e. The number of ether oxygens (including phenoxy) is 2. The summed E-state index contributed by atoms with van der Waals surface area (Å²) in [6.07, 6.45) is 12.1. The van der Waals surface area contributed by atoms with Crippen molar-refractivity contribution >= 4 is 53.8 Å². The summed E-state index contributed by atoms with van der Waals surface area (Å²) in [6.45, 7) is 1.20. The maximum absolute atomic E-state index is 12.7. The fourth-order valence-electron chi connectivity index (χ4n) is 6.19. The SMILES string of the molecule is COc1ccc(OC(=O)N2CCC(Nc3nc(N[C@H]4CC[C@H](N)CC4)nc4c3ncn4C3CCCC3)CC2)cc1.Cl.Cl. The van der Waals surface area contributed by atoms with Gasteiger partial charge in [-0.2, -0.15) is 9.97 Å². The molecule has 2 aliphatic carbocycles. The molecule has 2 saturated carbocycles. The molecule has 0 atom stereocenters. The number of likely N-dealkylation sites (tertiary alicyclic amines) is 1. The highest BCUT2D eigenvalue weighted by molar-refractivity contribution is 5.86. The lowest BCUT2D eigenvalue weighted by Crippen LogP contribution is -2.43. The number of piperidine rings is 1. The zero-order valence-corrected chi connectivity index (χ0v) is 25.7. The van der Waals surface area contributed by atoms with Gasteiger partial charge in [0.1, 0.15) is 11.5 Å². The zero-order chi connectivity index (χ0) is 27.5. The van der Waals surface area contributed by atoms with Crippen molar-refractivity contribution in [1.82, 2.24) is 24.4 Å². The first-order chi connectivity index (χ1) is 19.6. The van der Waals surface area contributed by atoms with Crippen molar-refractivity contribution in [3.05, 3.63) is 30.6 Å². The monoisotopic (exact) mass is 620 g/mol. The summed E-state index contributed by atoms with van der Waals surface area (Å²) in [7, 11) is 1.61. The molecule has 1 aliphatic heterocycles. The first-order valence-electron chi connectivity index (χ1n) is 14.7. The first-order valence-corrected chi connectivity index (χ1v) is 14.7. The summed E-state index contributed by atoms with van der Waals surface area (Å²) in [4.78, 5) is 29.1. The van der Waals surface area contributed by atoms with Crippen LogP contribution in [0.3, 0.4) is 0 Å². The Balaban J connectivity index is 0.00000202. The Bertz CT molecular complexity index is 1300. The lowest BCUT2D eigenvalue weighted by atomic mass is 9.92. The number of fused-ring (bicyclic) bond motifs is 1. The summed E-state index contributed by atoms with van der Waals surface area (Å²) < 4.78 is 13.0. The fourth-order valence-corrected chi connectivity index (χ4v) is 6.19. The Morgan fingerprint density at radius 2 is 1.52 bits per heavy atom. The van der Waals surface area contributed by atoms with Crippen molar-refractivity contribution in [2.24, 2.45) is 5.73 Å². The fraction of sp³-hybridized carbons (Fsp3) is 0.586. The van der Waals surface area contributed by atoms with Crippen molar-refractivity contribution in [2.75, 3.05) is 30.8 Å². The van der Waals surface area contributed by atoms with Crippen LogP contribution in [0.1, 0.15) is 70.3 Å². The number of anilines is 2. The quantitative estimate of drug-likeness (QED) is 0.311. The number of halogens is 2. The van der Waals surface area contributed by atoms with Crippen LogP contribution in [0.4, 0.5) is 16.6 Å². The second-order valence-corrected chi connectivity index (χ2v) is 11.4. The minimum Gasteiger partial charge on any atom is -0.497 e. The highest BCUT2D eigenvalue weighted by Crippen LogP contribution is 2.34. The van der Waals surface area contributed by atoms with Crippen molar-refractivity contribution in [3.63, 3.8) is 0 Å². The highest BCUT2D eigenvalue weighted by atomic mass is 35.5. The number of nitrogens with zero attached hydrogens (tertiary/aromatic N) is 5. The van der Waals surface area contributed by atoms with Gasteiger partial charge in [0.25, 0.3) is 0 Å². The Labute approximate surface area is 259 Å². The van der Waals surface area contributed by atoms with E-state index in [1.165, 1.54) is 12.8 Å². The van der Waals surface area contributed by atoms with Crippen LogP contribution in [0, 0.1) is 0 Å². The molecule has 2 aromatic heterocycles. The molecule has 0 radical (unpaired) electrons. The van der Waals surface area contributed by atoms with E-state index in [9.17, 15) is 4.79 Å². The molecule has 0 bridgehead atoms. The number of hydrogen-bond donors (Lipinski definition) is 3. The molecule has 3 aliphatic rings. The molecule has 3 heterocycles. The lowest BCUT2D eigenvalue weighted by Gasteiger charge is -2.32. The summed E-state index contributed by atoms with van der Waals surface area (Å²) >= 11 is 0. The smallest absolute Gasteiger partial charge is 0.415 e. The summed E-state index contributed by atoms with van der Waals surface area (Å²) in [5.74, 6) is 2.64. The van der Waals surface area contributed by atoms with Gasteiger partial charge in [0.15, 0.2) is 17.0 Å². The normalized spacial score (nSPS) is 21.3. The van der Waals surface area contributed by atoms with Gasteiger partial charge in [0.05, 0.1) is 13.4 Å². The molecule has 11 nitrogen and oxygen atoms in total. The number of aromatic nitrogens is 4. The third-order valence-electron chi connectivity index (χ3n) is 8.60. The molecule has 13 heteroatoms. The molecular weight excluding hydrogens is 579 g/mol. The molecule has 230 valence electrons. The number of imidazole rings is 1. The molecule has 0 unspecified atom stereocenters. The van der Waals surface area contributed by atoms with E-state index in [-0.39, 0.29) is 36.9 Å². The van der Waals surface area contributed by atoms with E-state index in [0.29, 0.717) is 42.9 Å². The van der Waals surface area contributed by atoms with E-state index < -0.39 is 0 Å². The molecule has 1 saturated heterocycles. The minimum absolute atomic E-state index is 0. The van der Waals surface area contributed by atoms with Crippen LogP contribution < -0.4 is 25.8 Å². The predicted molar refractivity (Wildman–Crippen MR) is 168 cm³/mol. The highest BCUT2D eigenvalue weighted by Gasteiger charge is 2.27. The Kier molecular flexibility index (Phi) is 11.0. The second kappa shape index (κ2) is 14.4. The average molecular weight is 622 g/mol. The van der Waals surface area contributed by atoms with Gasteiger partial charge in [-0.3, -0.25) is 0 Å². The van der Waals surface area contributed by atoms with E-state index in [0.717, 1.165) is 74.1 Å². The van der Waals surface area contributed by atoms with Crippen LogP contribution in [0.15, 0.2) is 30.6 Å². The van der Waals surface area contributed by atoms with E-state index in [4.69, 9.17) is 30.2 Å². The van der Waals surface area contributed by atoms with Gasteiger partial charge < -0.3 is 35.3 Å². The van der Waals surface area contributed by atoms with E-state index in [2.05, 4.69) is 15.2 Å². The average Bonchev–Trinajstić information content (AvgIpc) is 3.65. The van der Waals surface area contributed by atoms with Crippen LogP contribution in [0.25, 0.3) is 11.2 Å². The van der Waals surface area contributed by atoms with Gasteiger partial charge in [-0.15, -0.1) is 24.8 Å². The van der Waals surface area contributed by atoms with Crippen LogP contribution >= 0.6 is 24.8 Å². The molecule has 3 aromatic rings. The molecule has 3 fully saturated rings. The Hall–Kier alpha value is -3.02. The summed E-state index contributed by atoms with van der Waals surface area (Å²) in [5.41, 5.74) is 7.83. The van der Waals surface area contributed by atoms with Crippen molar-refractivity contribution in [1.29, 1.82) is 0 Å². The third kappa shape index (κ3) is 7.30. The van der Waals surface area contributed by atoms with Gasteiger partial charge in [-0.05, 0) is 75.6 Å². The summed E-state index contributed by atoms with van der Waals surface area (Å²) in [6, 6.07) is 8.26. The van der Waals surface area contributed by atoms with Crippen molar-refractivity contribution < 1.29 is 14.3 Å². The third-order valence-corrected chi connectivity index (χ3v) is 8.60. The van der Waals surface area contributed by atoms with Gasteiger partial charge in [-0.25, -0.2) is 9.78 Å². The standard InChI is InChI=1S/C29H40N8O3.2ClH/c1-39-23-10-12-24(13-11-23)40-29(38)36-16-14-21(15-17-36)32-26-25-27(37(18-31-25)22-4-2-3-5-22)35-28(34-26)33-20-8-6-19(30)7-9-20;;/h10-13,18-22H,2-9,14-17,30H2,1H3,(H2,32,33,34,35);2*1H/t19-,20-;;. The molecule has 42 heavy (non-hydrogen) atoms. The van der Waals surface area contributed by atoms with Crippen LogP contribution in [0.2, 0.25) is 0 Å². The number of rotatable bonds is 7. The predicted octanol–water partition coefficient (Wildman–Crippen LogP) is 5.55. The second-order valence-electron chi connectivity index (χ2n) is 11.4. The number of nitrogens with two attached hydrogens (primary N) is 1. The zero-order valence-electron chi connectivity index (χ0n) is 24.0. The van der Waals surface area contributed by atoms with Crippen LogP contribution in [0.5, 0.6) is 11.5 Å². The molecule has 6 rings (SSSR count). The summed E-state index contributed by atoms with van der Waals surface area (Å²) in [5, 5.41) is 7.25.